The van der Waals surface area contributed by atoms with Gasteiger partial charge in [-0.25, -0.2) is 0 Å². The van der Waals surface area contributed by atoms with E-state index < -0.39 is 5.92 Å². The Morgan fingerprint density at radius 3 is 2.56 bits per heavy atom. The summed E-state index contributed by atoms with van der Waals surface area (Å²) < 4.78 is 0. The van der Waals surface area contributed by atoms with E-state index in [1.165, 1.54) is 19.3 Å². The molecule has 0 fully saturated rings. The van der Waals surface area contributed by atoms with E-state index in [-0.39, 0.29) is 5.78 Å². The highest BCUT2D eigenvalue weighted by molar-refractivity contribution is 5.88. The van der Waals surface area contributed by atoms with E-state index in [0.29, 0.717) is 6.42 Å². The lowest BCUT2D eigenvalue weighted by atomic mass is 9.93. The van der Waals surface area contributed by atoms with Crippen molar-refractivity contribution in [2.45, 2.75) is 51.4 Å². The van der Waals surface area contributed by atoms with E-state index in [1.807, 2.05) is 0 Å². The zero-order valence-corrected chi connectivity index (χ0v) is 10.9. The van der Waals surface area contributed by atoms with Crippen molar-refractivity contribution >= 4 is 5.78 Å². The lowest BCUT2D eigenvalue weighted by Crippen LogP contribution is -2.10. The summed E-state index contributed by atoms with van der Waals surface area (Å²) in [6.45, 7) is 2.17. The summed E-state index contributed by atoms with van der Waals surface area (Å²) in [6, 6.07) is 5.57. The molecule has 0 aliphatic rings. The van der Waals surface area contributed by atoms with Gasteiger partial charge in [0, 0.05) is 18.8 Å². The lowest BCUT2D eigenvalue weighted by Gasteiger charge is -2.07. The fourth-order valence-corrected chi connectivity index (χ4v) is 1.94. The Morgan fingerprint density at radius 2 is 1.94 bits per heavy atom. The van der Waals surface area contributed by atoms with Crippen LogP contribution in [0.25, 0.3) is 0 Å². The first-order valence-corrected chi connectivity index (χ1v) is 6.61. The highest BCUT2D eigenvalue weighted by atomic mass is 16.1. The van der Waals surface area contributed by atoms with Gasteiger partial charge in [-0.05, 0) is 24.1 Å². The van der Waals surface area contributed by atoms with Gasteiger partial charge in [0.25, 0.3) is 0 Å². The fraction of sp³-hybridized carbons (Fsp3) is 0.533. The van der Waals surface area contributed by atoms with Gasteiger partial charge >= 0.3 is 0 Å². The molecule has 0 saturated heterocycles. The maximum absolute atomic E-state index is 12.0. The van der Waals surface area contributed by atoms with Crippen molar-refractivity contribution in [3.8, 4) is 6.07 Å². The first kappa shape index (κ1) is 14.4. The summed E-state index contributed by atoms with van der Waals surface area (Å²) in [6.07, 6.45) is 9.31. The number of ketones is 1. The SMILES string of the molecule is CCCCCCCC(=O)C(C#N)c1ccncc1. The molecule has 0 aliphatic carbocycles. The van der Waals surface area contributed by atoms with Crippen molar-refractivity contribution in [1.29, 1.82) is 5.26 Å². The van der Waals surface area contributed by atoms with E-state index in [9.17, 15) is 4.79 Å². The third kappa shape index (κ3) is 4.67. The molecule has 0 amide bonds. The molecule has 0 radical (unpaired) electrons. The summed E-state index contributed by atoms with van der Waals surface area (Å²) in [5.74, 6) is -0.598. The summed E-state index contributed by atoms with van der Waals surface area (Å²) >= 11 is 0. The van der Waals surface area contributed by atoms with Gasteiger partial charge in [0.15, 0.2) is 5.78 Å². The van der Waals surface area contributed by atoms with Crippen molar-refractivity contribution in [2.75, 3.05) is 0 Å². The Kier molecular flexibility index (Phi) is 6.71. The Hall–Kier alpha value is -1.69. The van der Waals surface area contributed by atoms with Crippen LogP contribution < -0.4 is 0 Å². The number of hydrogen-bond donors (Lipinski definition) is 0. The highest BCUT2D eigenvalue weighted by Gasteiger charge is 2.18. The lowest BCUT2D eigenvalue weighted by molar-refractivity contribution is -0.119. The molecule has 1 aromatic rings. The number of hydrogen-bond acceptors (Lipinski definition) is 3. The number of nitrogens with zero attached hydrogens (tertiary/aromatic N) is 2. The molecule has 1 heterocycles. The number of Topliss-reactive ketones (excluding diaryl/α,β-unsaturated/α-hetero) is 1. The van der Waals surface area contributed by atoms with Crippen LogP contribution >= 0.6 is 0 Å². The summed E-state index contributed by atoms with van der Waals surface area (Å²) in [4.78, 5) is 15.9. The van der Waals surface area contributed by atoms with Crippen LogP contribution in [0.2, 0.25) is 0 Å². The predicted octanol–water partition coefficient (Wildman–Crippen LogP) is 3.62. The van der Waals surface area contributed by atoms with Crippen LogP contribution in [0.4, 0.5) is 0 Å². The van der Waals surface area contributed by atoms with Crippen molar-refractivity contribution in [3.63, 3.8) is 0 Å². The highest BCUT2D eigenvalue weighted by Crippen LogP contribution is 2.18. The third-order valence-corrected chi connectivity index (χ3v) is 3.02. The smallest absolute Gasteiger partial charge is 0.154 e. The molecule has 0 spiro atoms. The molecule has 96 valence electrons. The molecule has 0 aromatic carbocycles. The predicted molar refractivity (Wildman–Crippen MR) is 71.0 cm³/mol. The quantitative estimate of drug-likeness (QED) is 0.656. The second-order valence-corrected chi connectivity index (χ2v) is 4.47. The minimum atomic E-state index is -0.626. The van der Waals surface area contributed by atoms with Gasteiger partial charge in [-0.15, -0.1) is 0 Å². The van der Waals surface area contributed by atoms with Crippen molar-refractivity contribution in [1.82, 2.24) is 4.98 Å². The van der Waals surface area contributed by atoms with Gasteiger partial charge in [0.2, 0.25) is 0 Å². The minimum Gasteiger partial charge on any atom is -0.298 e. The number of pyridine rings is 1. The Morgan fingerprint density at radius 1 is 1.28 bits per heavy atom. The molecule has 0 bridgehead atoms. The zero-order chi connectivity index (χ0) is 13.2. The number of rotatable bonds is 8. The number of carbonyl (C=O) groups excluding carboxylic acids is 1. The largest absolute Gasteiger partial charge is 0.298 e. The van der Waals surface area contributed by atoms with Crippen molar-refractivity contribution in [2.24, 2.45) is 0 Å². The zero-order valence-electron chi connectivity index (χ0n) is 10.9. The number of nitriles is 1. The average molecular weight is 244 g/mol. The molecule has 0 saturated carbocycles. The summed E-state index contributed by atoms with van der Waals surface area (Å²) in [5.41, 5.74) is 0.756. The molecule has 3 nitrogen and oxygen atoms in total. The molecule has 1 aromatic heterocycles. The molecule has 1 unspecified atom stereocenters. The molecule has 3 heteroatoms. The van der Waals surface area contributed by atoms with Crippen LogP contribution in [0.3, 0.4) is 0 Å². The van der Waals surface area contributed by atoms with Gasteiger partial charge < -0.3 is 0 Å². The Labute approximate surface area is 109 Å². The molecule has 0 N–H and O–H groups in total. The topological polar surface area (TPSA) is 53.8 Å². The summed E-state index contributed by atoms with van der Waals surface area (Å²) in [7, 11) is 0. The van der Waals surface area contributed by atoms with Crippen molar-refractivity contribution in [3.05, 3.63) is 30.1 Å². The summed E-state index contributed by atoms with van der Waals surface area (Å²) in [5, 5.41) is 9.10. The van der Waals surface area contributed by atoms with Gasteiger partial charge in [-0.1, -0.05) is 32.6 Å². The standard InChI is InChI=1S/C15H20N2O/c1-2-3-4-5-6-7-15(18)14(12-16)13-8-10-17-11-9-13/h8-11,14H,2-7H2,1H3. The molecule has 0 aliphatic heterocycles. The second kappa shape index (κ2) is 8.41. The van der Waals surface area contributed by atoms with Crippen LogP contribution in [0, 0.1) is 11.3 Å². The molecular formula is C15H20N2O. The van der Waals surface area contributed by atoms with Crippen LogP contribution in [-0.2, 0) is 4.79 Å². The molecule has 1 rings (SSSR count). The fourth-order valence-electron chi connectivity index (χ4n) is 1.94. The normalized spacial score (nSPS) is 11.8. The molecule has 18 heavy (non-hydrogen) atoms. The Balaban J connectivity index is 2.42. The monoisotopic (exact) mass is 244 g/mol. The van der Waals surface area contributed by atoms with Crippen LogP contribution in [-0.4, -0.2) is 10.8 Å². The number of carbonyl (C=O) groups is 1. The van der Waals surface area contributed by atoms with Gasteiger partial charge in [0.1, 0.15) is 5.92 Å². The first-order chi connectivity index (χ1) is 8.79. The maximum atomic E-state index is 12.0. The molecular weight excluding hydrogens is 224 g/mol. The van der Waals surface area contributed by atoms with Gasteiger partial charge in [-0.2, -0.15) is 5.26 Å². The van der Waals surface area contributed by atoms with Crippen LogP contribution in [0.5, 0.6) is 0 Å². The van der Waals surface area contributed by atoms with E-state index >= 15 is 0 Å². The van der Waals surface area contributed by atoms with Crippen LogP contribution in [0.1, 0.15) is 56.9 Å². The van der Waals surface area contributed by atoms with Gasteiger partial charge in [-0.3, -0.25) is 9.78 Å². The van der Waals surface area contributed by atoms with E-state index in [2.05, 4.69) is 18.0 Å². The second-order valence-electron chi connectivity index (χ2n) is 4.47. The first-order valence-electron chi connectivity index (χ1n) is 6.61. The number of unbranched alkanes of at least 4 members (excludes halogenated alkanes) is 4. The van der Waals surface area contributed by atoms with Crippen LogP contribution in [0.15, 0.2) is 24.5 Å². The Bertz CT molecular complexity index is 395. The van der Waals surface area contributed by atoms with E-state index in [1.54, 1.807) is 24.5 Å². The van der Waals surface area contributed by atoms with E-state index in [4.69, 9.17) is 5.26 Å². The molecule has 1 atom stereocenters. The van der Waals surface area contributed by atoms with E-state index in [0.717, 1.165) is 18.4 Å². The van der Waals surface area contributed by atoms with Crippen molar-refractivity contribution < 1.29 is 4.79 Å². The third-order valence-electron chi connectivity index (χ3n) is 3.02. The number of aromatic nitrogens is 1. The minimum absolute atomic E-state index is 0.0280. The average Bonchev–Trinajstić information content (AvgIpc) is 2.40. The maximum Gasteiger partial charge on any atom is 0.154 e. The van der Waals surface area contributed by atoms with Gasteiger partial charge in [0.05, 0.1) is 6.07 Å².